The molecule has 0 radical (unpaired) electrons. The highest BCUT2D eigenvalue weighted by Crippen LogP contribution is 2.21. The first-order valence-corrected chi connectivity index (χ1v) is 6.42. The highest BCUT2D eigenvalue weighted by Gasteiger charge is 2.17. The maximum atomic E-state index is 5.98. The highest BCUT2D eigenvalue weighted by molar-refractivity contribution is 6.28. The van der Waals surface area contributed by atoms with E-state index in [1.807, 2.05) is 0 Å². The Morgan fingerprint density at radius 2 is 1.82 bits per heavy atom. The first-order chi connectivity index (χ1) is 8.06. The second kappa shape index (κ2) is 5.19. The van der Waals surface area contributed by atoms with E-state index in [0.717, 1.165) is 37.7 Å². The number of halogens is 1. The number of piperazine rings is 1. The summed E-state index contributed by atoms with van der Waals surface area (Å²) in [4.78, 5) is 13.2. The minimum atomic E-state index is 0.352. The second-order valence-corrected chi connectivity index (χ2v) is 5.20. The monoisotopic (exact) mass is 254 g/mol. The first-order valence-electron chi connectivity index (χ1n) is 6.04. The second-order valence-electron chi connectivity index (χ2n) is 4.87. The molecule has 2 rings (SSSR count). The summed E-state index contributed by atoms with van der Waals surface area (Å²) in [7, 11) is 2.14. The number of likely N-dealkylation sites (N-methyl/N-ethyl adjacent to an activating group) is 1. The third kappa shape index (κ3) is 3.07. The zero-order valence-electron chi connectivity index (χ0n) is 10.6. The summed E-state index contributed by atoms with van der Waals surface area (Å²) < 4.78 is 0. The van der Waals surface area contributed by atoms with E-state index in [0.29, 0.717) is 11.2 Å². The van der Waals surface area contributed by atoms with Gasteiger partial charge in [-0.1, -0.05) is 13.8 Å². The van der Waals surface area contributed by atoms with Crippen LogP contribution in [0, 0.1) is 0 Å². The minimum absolute atomic E-state index is 0.352. The molecular weight excluding hydrogens is 236 g/mol. The smallest absolute Gasteiger partial charge is 0.224 e. The van der Waals surface area contributed by atoms with Crippen molar-refractivity contribution < 1.29 is 0 Å². The quantitative estimate of drug-likeness (QED) is 0.756. The predicted octanol–water partition coefficient (Wildman–Crippen LogP) is 2.01. The standard InChI is InChI=1S/C12H19ClN4/c1-9(2)10-8-11(15-12(13)14-10)17-6-4-16(3)5-7-17/h8-9H,4-7H2,1-3H3. The molecule has 5 heteroatoms. The number of hydrogen-bond acceptors (Lipinski definition) is 4. The molecule has 0 amide bonds. The van der Waals surface area contributed by atoms with Crippen molar-refractivity contribution in [1.82, 2.24) is 14.9 Å². The minimum Gasteiger partial charge on any atom is -0.354 e. The third-order valence-electron chi connectivity index (χ3n) is 3.12. The topological polar surface area (TPSA) is 32.3 Å². The summed E-state index contributed by atoms with van der Waals surface area (Å²) in [5.74, 6) is 1.34. The Bertz CT molecular complexity index is 386. The molecule has 0 aromatic carbocycles. The molecule has 0 bridgehead atoms. The lowest BCUT2D eigenvalue weighted by atomic mass is 10.1. The number of aromatic nitrogens is 2. The van der Waals surface area contributed by atoms with Crippen LogP contribution in [0.25, 0.3) is 0 Å². The van der Waals surface area contributed by atoms with Crippen LogP contribution in [0.1, 0.15) is 25.5 Å². The average molecular weight is 255 g/mol. The van der Waals surface area contributed by atoms with Crippen LogP contribution in [0.15, 0.2) is 6.07 Å². The molecule has 0 aliphatic carbocycles. The van der Waals surface area contributed by atoms with Gasteiger partial charge in [0.25, 0.3) is 0 Å². The molecule has 4 nitrogen and oxygen atoms in total. The Balaban J connectivity index is 2.20. The van der Waals surface area contributed by atoms with Gasteiger partial charge in [0.1, 0.15) is 5.82 Å². The van der Waals surface area contributed by atoms with Crippen molar-refractivity contribution in [2.45, 2.75) is 19.8 Å². The van der Waals surface area contributed by atoms with Crippen LogP contribution >= 0.6 is 11.6 Å². The molecule has 0 atom stereocenters. The van der Waals surface area contributed by atoms with Gasteiger partial charge < -0.3 is 9.80 Å². The van der Waals surface area contributed by atoms with Gasteiger partial charge in [0.15, 0.2) is 0 Å². The van der Waals surface area contributed by atoms with E-state index in [2.05, 4.69) is 46.7 Å². The van der Waals surface area contributed by atoms with E-state index in [4.69, 9.17) is 11.6 Å². The molecule has 1 aromatic rings. The Hall–Kier alpha value is -0.870. The first kappa shape index (κ1) is 12.6. The fourth-order valence-electron chi connectivity index (χ4n) is 1.92. The summed E-state index contributed by atoms with van der Waals surface area (Å²) in [5, 5.41) is 0.352. The predicted molar refractivity (Wildman–Crippen MR) is 70.8 cm³/mol. The Labute approximate surface area is 108 Å². The van der Waals surface area contributed by atoms with E-state index < -0.39 is 0 Å². The zero-order chi connectivity index (χ0) is 12.4. The van der Waals surface area contributed by atoms with Gasteiger partial charge in [0.2, 0.25) is 5.28 Å². The number of nitrogens with zero attached hydrogens (tertiary/aromatic N) is 4. The molecule has 0 N–H and O–H groups in total. The van der Waals surface area contributed by atoms with Crippen LogP contribution in [0.4, 0.5) is 5.82 Å². The summed E-state index contributed by atoms with van der Waals surface area (Å²) in [6, 6.07) is 2.06. The van der Waals surface area contributed by atoms with Crippen molar-refractivity contribution in [3.8, 4) is 0 Å². The zero-order valence-corrected chi connectivity index (χ0v) is 11.4. The Morgan fingerprint density at radius 1 is 1.18 bits per heavy atom. The molecule has 1 fully saturated rings. The fourth-order valence-corrected chi connectivity index (χ4v) is 2.10. The summed E-state index contributed by atoms with van der Waals surface area (Å²) >= 11 is 5.98. The highest BCUT2D eigenvalue weighted by atomic mass is 35.5. The fraction of sp³-hybridized carbons (Fsp3) is 0.667. The maximum Gasteiger partial charge on any atom is 0.224 e. The van der Waals surface area contributed by atoms with E-state index >= 15 is 0 Å². The Morgan fingerprint density at radius 3 is 2.41 bits per heavy atom. The molecule has 17 heavy (non-hydrogen) atoms. The van der Waals surface area contributed by atoms with Crippen molar-refractivity contribution in [2.24, 2.45) is 0 Å². The lowest BCUT2D eigenvalue weighted by molar-refractivity contribution is 0.312. The molecule has 1 aromatic heterocycles. The maximum absolute atomic E-state index is 5.98. The molecular formula is C12H19ClN4. The van der Waals surface area contributed by atoms with Gasteiger partial charge in [-0.15, -0.1) is 0 Å². The summed E-state index contributed by atoms with van der Waals surface area (Å²) in [6.07, 6.45) is 0. The van der Waals surface area contributed by atoms with Crippen molar-refractivity contribution >= 4 is 17.4 Å². The van der Waals surface area contributed by atoms with Gasteiger partial charge in [0, 0.05) is 32.2 Å². The lowest BCUT2D eigenvalue weighted by Crippen LogP contribution is -2.44. The van der Waals surface area contributed by atoms with Crippen molar-refractivity contribution in [3.63, 3.8) is 0 Å². The van der Waals surface area contributed by atoms with E-state index in [1.54, 1.807) is 0 Å². The number of rotatable bonds is 2. The molecule has 2 heterocycles. The lowest BCUT2D eigenvalue weighted by Gasteiger charge is -2.33. The Kier molecular flexibility index (Phi) is 3.84. The molecule has 1 aliphatic heterocycles. The van der Waals surface area contributed by atoms with Crippen LogP contribution in [-0.2, 0) is 0 Å². The largest absolute Gasteiger partial charge is 0.354 e. The van der Waals surface area contributed by atoms with Crippen LogP contribution in [-0.4, -0.2) is 48.1 Å². The molecule has 0 unspecified atom stereocenters. The third-order valence-corrected chi connectivity index (χ3v) is 3.29. The van der Waals surface area contributed by atoms with Crippen LogP contribution < -0.4 is 4.90 Å². The van der Waals surface area contributed by atoms with Crippen molar-refractivity contribution in [2.75, 3.05) is 38.1 Å². The number of hydrogen-bond donors (Lipinski definition) is 0. The van der Waals surface area contributed by atoms with Crippen molar-refractivity contribution in [3.05, 3.63) is 17.0 Å². The van der Waals surface area contributed by atoms with E-state index in [9.17, 15) is 0 Å². The van der Waals surface area contributed by atoms with Gasteiger partial charge in [-0.3, -0.25) is 0 Å². The van der Waals surface area contributed by atoms with Crippen molar-refractivity contribution in [1.29, 1.82) is 0 Å². The molecule has 0 spiro atoms. The van der Waals surface area contributed by atoms with Gasteiger partial charge in [0.05, 0.1) is 5.69 Å². The molecule has 94 valence electrons. The van der Waals surface area contributed by atoms with Gasteiger partial charge in [-0.05, 0) is 24.6 Å². The van der Waals surface area contributed by atoms with Crippen LogP contribution in [0.5, 0.6) is 0 Å². The van der Waals surface area contributed by atoms with Crippen LogP contribution in [0.3, 0.4) is 0 Å². The summed E-state index contributed by atoms with van der Waals surface area (Å²) in [6.45, 7) is 8.37. The molecule has 1 saturated heterocycles. The van der Waals surface area contributed by atoms with Gasteiger partial charge in [-0.2, -0.15) is 0 Å². The normalized spacial score (nSPS) is 17.8. The molecule has 0 saturated carbocycles. The SMILES string of the molecule is CC(C)c1cc(N2CCN(C)CC2)nc(Cl)n1. The summed E-state index contributed by atoms with van der Waals surface area (Å²) in [5.41, 5.74) is 1.01. The van der Waals surface area contributed by atoms with E-state index in [1.165, 1.54) is 0 Å². The van der Waals surface area contributed by atoms with Gasteiger partial charge in [-0.25, -0.2) is 9.97 Å². The number of anilines is 1. The molecule has 1 aliphatic rings. The van der Waals surface area contributed by atoms with Crippen LogP contribution in [0.2, 0.25) is 5.28 Å². The average Bonchev–Trinajstić information content (AvgIpc) is 2.29. The van der Waals surface area contributed by atoms with Gasteiger partial charge >= 0.3 is 0 Å². The van der Waals surface area contributed by atoms with E-state index in [-0.39, 0.29) is 0 Å².